The Hall–Kier alpha value is -4.16. The molecule has 2 atom stereocenters. The van der Waals surface area contributed by atoms with Crippen molar-refractivity contribution in [3.05, 3.63) is 62.2 Å². The van der Waals surface area contributed by atoms with Crippen LogP contribution in [0.4, 0.5) is 4.39 Å². The quantitative estimate of drug-likeness (QED) is 0.116. The zero-order valence-electron chi connectivity index (χ0n) is 22.1. The number of cyclic esters (lactones) is 1. The fourth-order valence-electron chi connectivity index (χ4n) is 5.16. The van der Waals surface area contributed by atoms with E-state index >= 15 is 0 Å². The van der Waals surface area contributed by atoms with Crippen molar-refractivity contribution in [3.63, 3.8) is 0 Å². The number of esters is 1. The molecule has 0 radical (unpaired) electrons. The van der Waals surface area contributed by atoms with Gasteiger partial charge in [0.1, 0.15) is 25.2 Å². The second-order valence-corrected chi connectivity index (χ2v) is 9.96. The zero-order chi connectivity index (χ0) is 28.6. The highest BCUT2D eigenvalue weighted by atomic mass is 19.1. The predicted octanol–water partition coefficient (Wildman–Crippen LogP) is 1.51. The normalized spacial score (nSPS) is 16.1. The fraction of sp³-hybridized carbons (Fsp3) is 0.393. The van der Waals surface area contributed by atoms with Crippen LogP contribution in [0.1, 0.15) is 53.7 Å². The number of hydrogen-bond donors (Lipinski definition) is 3. The minimum atomic E-state index is -1.55. The van der Waals surface area contributed by atoms with Crippen molar-refractivity contribution in [1.82, 2.24) is 20.2 Å². The van der Waals surface area contributed by atoms with Gasteiger partial charge in [0.15, 0.2) is 6.10 Å². The van der Waals surface area contributed by atoms with Crippen molar-refractivity contribution in [2.45, 2.75) is 58.4 Å². The van der Waals surface area contributed by atoms with E-state index in [9.17, 15) is 28.7 Å². The lowest BCUT2D eigenvalue weighted by Gasteiger charge is -2.21. The second-order valence-electron chi connectivity index (χ2n) is 9.96. The highest BCUT2D eigenvalue weighted by Crippen LogP contribution is 2.38. The first-order valence-corrected chi connectivity index (χ1v) is 13.0. The Morgan fingerprint density at radius 3 is 2.88 bits per heavy atom. The van der Waals surface area contributed by atoms with Gasteiger partial charge in [0.05, 0.1) is 29.0 Å². The third-order valence-electron chi connectivity index (χ3n) is 7.38. The van der Waals surface area contributed by atoms with Crippen LogP contribution in [0.3, 0.4) is 0 Å². The summed E-state index contributed by atoms with van der Waals surface area (Å²) in [6, 6.07) is 4.09. The number of pyridine rings is 2. The molecular formula is C28H29FN4O7. The summed E-state index contributed by atoms with van der Waals surface area (Å²) in [5.41, 5.74) is 3.79. The van der Waals surface area contributed by atoms with E-state index in [0.717, 1.165) is 16.5 Å². The van der Waals surface area contributed by atoms with E-state index in [-0.39, 0.29) is 42.5 Å². The number of hydrogen-bond acceptors (Lipinski definition) is 8. The van der Waals surface area contributed by atoms with Crippen LogP contribution < -0.4 is 16.2 Å². The Morgan fingerprint density at radius 2 is 2.10 bits per heavy atom. The van der Waals surface area contributed by atoms with E-state index in [1.807, 2.05) is 0 Å². The minimum Gasteiger partial charge on any atom is -0.458 e. The lowest BCUT2D eigenvalue weighted by atomic mass is 9.94. The molecule has 210 valence electrons. The molecule has 12 heteroatoms. The van der Waals surface area contributed by atoms with Gasteiger partial charge < -0.3 is 29.8 Å². The summed E-state index contributed by atoms with van der Waals surface area (Å²) in [7, 11) is 0. The van der Waals surface area contributed by atoms with E-state index in [1.54, 1.807) is 30.5 Å². The molecule has 0 spiro atoms. The summed E-state index contributed by atoms with van der Waals surface area (Å²) < 4.78 is 26.6. The average molecular weight is 553 g/mol. The third-order valence-corrected chi connectivity index (χ3v) is 7.38. The van der Waals surface area contributed by atoms with Crippen LogP contribution in [0.25, 0.3) is 22.3 Å². The number of benzene rings is 1. The number of fused-ring (bicyclic) bond motifs is 5. The molecule has 11 nitrogen and oxygen atoms in total. The fourth-order valence-corrected chi connectivity index (χ4v) is 5.16. The Labute approximate surface area is 228 Å². The topological polar surface area (TPSA) is 149 Å². The lowest BCUT2D eigenvalue weighted by molar-refractivity contribution is -0.157. The van der Waals surface area contributed by atoms with Crippen molar-refractivity contribution < 1.29 is 33.4 Å². The first-order chi connectivity index (χ1) is 19.2. The Morgan fingerprint density at radius 1 is 1.30 bits per heavy atom. The number of rotatable bonds is 10. The van der Waals surface area contributed by atoms with Crippen LogP contribution in [0, 0.1) is 12.7 Å². The maximum absolute atomic E-state index is 14.5. The van der Waals surface area contributed by atoms with Crippen LogP contribution >= 0.6 is 0 Å². The van der Waals surface area contributed by atoms with E-state index < -0.39 is 23.9 Å². The van der Waals surface area contributed by atoms with Crippen LogP contribution in [0.2, 0.25) is 0 Å². The molecule has 2 unspecified atom stereocenters. The van der Waals surface area contributed by atoms with Crippen molar-refractivity contribution in [2.75, 3.05) is 13.3 Å². The number of nitrogens with one attached hydrogen (secondary N) is 2. The van der Waals surface area contributed by atoms with E-state index in [1.165, 1.54) is 6.07 Å². The minimum absolute atomic E-state index is 0.0106. The highest BCUT2D eigenvalue weighted by Gasteiger charge is 2.34. The third kappa shape index (κ3) is 4.95. The van der Waals surface area contributed by atoms with Gasteiger partial charge in [0.25, 0.3) is 5.56 Å². The summed E-state index contributed by atoms with van der Waals surface area (Å²) in [5.74, 6) is -1.56. The molecule has 0 bridgehead atoms. The molecule has 5 rings (SSSR count). The number of aliphatic hydroxyl groups is 1. The Bertz CT molecular complexity index is 1590. The first-order valence-electron chi connectivity index (χ1n) is 13.0. The Kier molecular flexibility index (Phi) is 7.63. The zero-order valence-corrected chi connectivity index (χ0v) is 22.1. The smallest absolute Gasteiger partial charge is 0.340 e. The average Bonchev–Trinajstić information content (AvgIpc) is 3.29. The van der Waals surface area contributed by atoms with Gasteiger partial charge in [-0.1, -0.05) is 0 Å². The molecule has 3 aromatic rings. The number of aryl methyl sites for hydroxylation is 2. The van der Waals surface area contributed by atoms with Gasteiger partial charge in [-0.15, -0.1) is 0 Å². The monoisotopic (exact) mass is 552 g/mol. The summed E-state index contributed by atoms with van der Waals surface area (Å²) >= 11 is 0. The van der Waals surface area contributed by atoms with Gasteiger partial charge >= 0.3 is 5.97 Å². The number of unbranched alkanes of at least 4 members (excludes halogenated alkanes) is 1. The molecule has 2 aromatic heterocycles. The number of carbonyl (C=O) groups is 3. The van der Waals surface area contributed by atoms with Crippen LogP contribution in [-0.2, 0) is 43.4 Å². The van der Waals surface area contributed by atoms with E-state index in [2.05, 4.69) is 10.6 Å². The number of carbonyl (C=O) groups excluding carboxylic acids is 3. The number of ether oxygens (including phenoxy) is 2. The second kappa shape index (κ2) is 11.1. The number of aliphatic hydroxyl groups excluding tert-OH is 1. The van der Waals surface area contributed by atoms with E-state index in [4.69, 9.17) is 14.5 Å². The van der Waals surface area contributed by atoms with E-state index in [0.29, 0.717) is 54.7 Å². The molecule has 2 aliphatic rings. The van der Waals surface area contributed by atoms with Crippen LogP contribution in [0.5, 0.6) is 0 Å². The Balaban J connectivity index is 1.38. The molecule has 4 heterocycles. The number of aromatic nitrogens is 2. The lowest BCUT2D eigenvalue weighted by Crippen LogP contribution is -2.42. The molecule has 40 heavy (non-hydrogen) atoms. The molecule has 0 aliphatic carbocycles. The van der Waals surface area contributed by atoms with Crippen molar-refractivity contribution in [3.8, 4) is 11.4 Å². The van der Waals surface area contributed by atoms with Crippen LogP contribution in [0.15, 0.2) is 23.0 Å². The summed E-state index contributed by atoms with van der Waals surface area (Å²) in [6.07, 6.45) is 0.892. The highest BCUT2D eigenvalue weighted by molar-refractivity contribution is 5.89. The summed E-state index contributed by atoms with van der Waals surface area (Å²) in [5, 5.41) is 16.1. The largest absolute Gasteiger partial charge is 0.458 e. The molecule has 0 saturated carbocycles. The van der Waals surface area contributed by atoms with Gasteiger partial charge in [-0.05, 0) is 56.4 Å². The van der Waals surface area contributed by atoms with Gasteiger partial charge in [-0.2, -0.15) is 0 Å². The molecular weight excluding hydrogens is 523 g/mol. The van der Waals surface area contributed by atoms with Crippen molar-refractivity contribution >= 4 is 29.2 Å². The van der Waals surface area contributed by atoms with Gasteiger partial charge in [-0.3, -0.25) is 14.4 Å². The molecule has 0 fully saturated rings. The summed E-state index contributed by atoms with van der Waals surface area (Å²) in [6.45, 7) is 3.69. The van der Waals surface area contributed by atoms with Gasteiger partial charge in [0.2, 0.25) is 12.3 Å². The molecule has 2 amide bonds. The first kappa shape index (κ1) is 27.4. The van der Waals surface area contributed by atoms with Crippen molar-refractivity contribution in [1.29, 1.82) is 0 Å². The number of amides is 2. The molecule has 3 N–H and O–H groups in total. The van der Waals surface area contributed by atoms with Crippen LogP contribution in [-0.4, -0.2) is 52.3 Å². The maximum Gasteiger partial charge on any atom is 0.340 e. The summed E-state index contributed by atoms with van der Waals surface area (Å²) in [4.78, 5) is 52.2. The predicted molar refractivity (Wildman–Crippen MR) is 141 cm³/mol. The number of nitrogens with zero attached hydrogens (tertiary/aromatic N) is 2. The molecule has 2 aliphatic heterocycles. The molecule has 0 saturated heterocycles. The standard InChI is InChI=1S/C28H29FN4O7/c1-14-7-17-16(5-3-4-6-39-13-31-26(36)15(2)30-12-34)19-10-33-23(24(19)32-22(17)9-21(14)29)8-18-20(27(33)37)11-40-28(38)25(18)35/h7-9,12,15,25,35H,3-6,10-11,13H2,1-2H3,(H,30,34)(H,31,36). The van der Waals surface area contributed by atoms with Gasteiger partial charge in [-0.25, -0.2) is 14.2 Å². The molecule has 1 aromatic carbocycles. The maximum atomic E-state index is 14.5. The van der Waals surface area contributed by atoms with Gasteiger partial charge in [0, 0.05) is 29.2 Å². The number of halogens is 1. The van der Waals surface area contributed by atoms with Crippen molar-refractivity contribution in [2.24, 2.45) is 0 Å². The SMILES string of the molecule is Cc1cc2c(CCCCOCNC(=O)C(C)NC=O)c3c(nc2cc1F)-c1cc2c(c(=O)n1C3)COC(=O)C2O.